The van der Waals surface area contributed by atoms with E-state index in [2.05, 4.69) is 6.08 Å². The van der Waals surface area contributed by atoms with Gasteiger partial charge in [0.15, 0.2) is 11.4 Å². The summed E-state index contributed by atoms with van der Waals surface area (Å²) in [6, 6.07) is 0. The standard InChI is InChI=1S/C12H12O3/c13-11-9-3-1-2-4-10(9)15-12(11)5-7-14-8-6-12/h2,4-10H,1,3H2. The third-order valence-electron chi connectivity index (χ3n) is 3.21. The largest absolute Gasteiger partial charge is 0.473 e. The maximum absolute atomic E-state index is 12.2. The molecule has 0 saturated carbocycles. The molecule has 3 aliphatic rings. The summed E-state index contributed by atoms with van der Waals surface area (Å²) in [5, 5.41) is 0. The minimum Gasteiger partial charge on any atom is -0.473 e. The van der Waals surface area contributed by atoms with Crippen molar-refractivity contribution in [1.82, 2.24) is 0 Å². The smallest absolute Gasteiger partial charge is 0.178 e. The molecule has 2 aliphatic heterocycles. The molecule has 0 amide bonds. The molecule has 0 bridgehead atoms. The molecule has 2 unspecified atom stereocenters. The molecule has 0 aromatic heterocycles. The van der Waals surface area contributed by atoms with Crippen LogP contribution in [0.2, 0.25) is 0 Å². The molecule has 15 heavy (non-hydrogen) atoms. The second-order valence-corrected chi connectivity index (χ2v) is 4.09. The number of hydrogen-bond donors (Lipinski definition) is 0. The van der Waals surface area contributed by atoms with Crippen LogP contribution in [-0.4, -0.2) is 17.5 Å². The van der Waals surface area contributed by atoms with Crippen molar-refractivity contribution in [2.24, 2.45) is 5.92 Å². The van der Waals surface area contributed by atoms with Gasteiger partial charge in [-0.15, -0.1) is 0 Å². The molecule has 0 aromatic rings. The lowest BCUT2D eigenvalue weighted by atomic mass is 9.84. The Hall–Kier alpha value is -1.35. The van der Waals surface area contributed by atoms with Crippen LogP contribution >= 0.6 is 0 Å². The number of fused-ring (bicyclic) bond motifs is 1. The summed E-state index contributed by atoms with van der Waals surface area (Å²) in [7, 11) is 0. The normalized spacial score (nSPS) is 35.6. The Morgan fingerprint density at radius 3 is 2.87 bits per heavy atom. The van der Waals surface area contributed by atoms with Crippen molar-refractivity contribution in [1.29, 1.82) is 0 Å². The van der Waals surface area contributed by atoms with Gasteiger partial charge in [0.25, 0.3) is 0 Å². The second-order valence-electron chi connectivity index (χ2n) is 4.09. The fourth-order valence-electron chi connectivity index (χ4n) is 2.40. The molecule has 78 valence electrons. The lowest BCUT2D eigenvalue weighted by molar-refractivity contribution is -0.126. The quantitative estimate of drug-likeness (QED) is 0.563. The van der Waals surface area contributed by atoms with Gasteiger partial charge >= 0.3 is 0 Å². The van der Waals surface area contributed by atoms with Gasteiger partial charge in [0.05, 0.1) is 24.5 Å². The van der Waals surface area contributed by atoms with E-state index in [0.717, 1.165) is 12.8 Å². The SMILES string of the molecule is O=C1C2CCC=CC2OC12C=COC=C2. The van der Waals surface area contributed by atoms with Crippen LogP contribution in [0.25, 0.3) is 0 Å². The van der Waals surface area contributed by atoms with Gasteiger partial charge in [-0.3, -0.25) is 4.79 Å². The van der Waals surface area contributed by atoms with Crippen LogP contribution in [0.1, 0.15) is 12.8 Å². The molecule has 0 aromatic carbocycles. The van der Waals surface area contributed by atoms with Crippen LogP contribution in [0.5, 0.6) is 0 Å². The number of carbonyl (C=O) groups is 1. The second kappa shape index (κ2) is 3.07. The number of carbonyl (C=O) groups excluding carboxylic acids is 1. The number of hydrogen-bond acceptors (Lipinski definition) is 3. The van der Waals surface area contributed by atoms with E-state index in [-0.39, 0.29) is 17.8 Å². The highest BCUT2D eigenvalue weighted by molar-refractivity contribution is 5.96. The Morgan fingerprint density at radius 1 is 1.33 bits per heavy atom. The zero-order valence-electron chi connectivity index (χ0n) is 8.26. The zero-order chi connectivity index (χ0) is 10.3. The monoisotopic (exact) mass is 204 g/mol. The molecule has 1 saturated heterocycles. The van der Waals surface area contributed by atoms with E-state index in [4.69, 9.17) is 9.47 Å². The molecule has 1 spiro atoms. The summed E-state index contributed by atoms with van der Waals surface area (Å²) < 4.78 is 10.8. The third-order valence-corrected chi connectivity index (χ3v) is 3.21. The van der Waals surface area contributed by atoms with Crippen molar-refractivity contribution in [3.63, 3.8) is 0 Å². The van der Waals surface area contributed by atoms with Crippen molar-refractivity contribution in [2.75, 3.05) is 0 Å². The Labute approximate surface area is 88.1 Å². The minimum atomic E-state index is -0.859. The third kappa shape index (κ3) is 1.20. The van der Waals surface area contributed by atoms with Crippen LogP contribution in [0.4, 0.5) is 0 Å². The van der Waals surface area contributed by atoms with E-state index < -0.39 is 5.60 Å². The lowest BCUT2D eigenvalue weighted by Gasteiger charge is -2.21. The van der Waals surface area contributed by atoms with E-state index in [9.17, 15) is 4.79 Å². The summed E-state index contributed by atoms with van der Waals surface area (Å²) >= 11 is 0. The van der Waals surface area contributed by atoms with E-state index in [0.29, 0.717) is 0 Å². The number of allylic oxidation sites excluding steroid dienone is 1. The topological polar surface area (TPSA) is 35.5 Å². The van der Waals surface area contributed by atoms with E-state index >= 15 is 0 Å². The fraction of sp³-hybridized carbons (Fsp3) is 0.417. The van der Waals surface area contributed by atoms with Gasteiger partial charge in [-0.1, -0.05) is 12.2 Å². The maximum Gasteiger partial charge on any atom is 0.178 e. The first-order valence-corrected chi connectivity index (χ1v) is 5.21. The zero-order valence-corrected chi connectivity index (χ0v) is 8.26. The predicted octanol–water partition coefficient (Wildman–Crippen LogP) is 1.72. The molecule has 3 heteroatoms. The molecular formula is C12H12O3. The van der Waals surface area contributed by atoms with Crippen LogP contribution < -0.4 is 0 Å². The minimum absolute atomic E-state index is 0.0161. The van der Waals surface area contributed by atoms with Gasteiger partial charge in [0.2, 0.25) is 0 Å². The van der Waals surface area contributed by atoms with Crippen molar-refractivity contribution >= 4 is 5.78 Å². The van der Waals surface area contributed by atoms with Crippen LogP contribution in [-0.2, 0) is 14.3 Å². The Morgan fingerprint density at radius 2 is 2.13 bits per heavy atom. The van der Waals surface area contributed by atoms with Gasteiger partial charge in [0.1, 0.15) is 0 Å². The molecule has 2 atom stereocenters. The number of ether oxygens (including phenoxy) is 2. The first-order valence-electron chi connectivity index (χ1n) is 5.21. The molecule has 3 rings (SSSR count). The van der Waals surface area contributed by atoms with Crippen molar-refractivity contribution in [3.05, 3.63) is 36.8 Å². The highest BCUT2D eigenvalue weighted by Crippen LogP contribution is 2.40. The van der Waals surface area contributed by atoms with Crippen molar-refractivity contribution < 1.29 is 14.3 Å². The number of Topliss-reactive ketones (excluding diaryl/α,β-unsaturated/α-hetero) is 1. The Kier molecular flexibility index (Phi) is 1.83. The first-order chi connectivity index (χ1) is 7.32. The van der Waals surface area contributed by atoms with E-state index in [1.807, 2.05) is 6.08 Å². The average molecular weight is 204 g/mol. The van der Waals surface area contributed by atoms with Gasteiger partial charge in [-0.25, -0.2) is 0 Å². The van der Waals surface area contributed by atoms with Gasteiger partial charge in [-0.05, 0) is 25.0 Å². The first kappa shape index (κ1) is 8.92. The predicted molar refractivity (Wildman–Crippen MR) is 53.8 cm³/mol. The highest BCUT2D eigenvalue weighted by atomic mass is 16.5. The summed E-state index contributed by atoms with van der Waals surface area (Å²) in [5.74, 6) is 0.176. The van der Waals surface area contributed by atoms with Gasteiger partial charge in [0, 0.05) is 0 Å². The number of rotatable bonds is 0. The van der Waals surface area contributed by atoms with Crippen LogP contribution in [0.15, 0.2) is 36.8 Å². The molecule has 1 aliphatic carbocycles. The molecular weight excluding hydrogens is 192 g/mol. The van der Waals surface area contributed by atoms with E-state index in [1.54, 1.807) is 12.2 Å². The summed E-state index contributed by atoms with van der Waals surface area (Å²) in [4.78, 5) is 12.2. The Bertz CT molecular complexity index is 366. The van der Waals surface area contributed by atoms with Crippen LogP contribution in [0.3, 0.4) is 0 Å². The molecule has 0 N–H and O–H groups in total. The molecule has 0 radical (unpaired) electrons. The van der Waals surface area contributed by atoms with Gasteiger partial charge < -0.3 is 9.47 Å². The summed E-state index contributed by atoms with van der Waals surface area (Å²) in [5.41, 5.74) is -0.859. The van der Waals surface area contributed by atoms with Crippen molar-refractivity contribution in [3.8, 4) is 0 Å². The number of ketones is 1. The maximum atomic E-state index is 12.2. The fourth-order valence-corrected chi connectivity index (χ4v) is 2.40. The molecule has 3 nitrogen and oxygen atoms in total. The van der Waals surface area contributed by atoms with E-state index in [1.165, 1.54) is 12.5 Å². The molecule has 1 fully saturated rings. The van der Waals surface area contributed by atoms with Gasteiger partial charge in [-0.2, -0.15) is 0 Å². The van der Waals surface area contributed by atoms with Crippen molar-refractivity contribution in [2.45, 2.75) is 24.5 Å². The summed E-state index contributed by atoms with van der Waals surface area (Å²) in [6.07, 6.45) is 12.3. The van der Waals surface area contributed by atoms with Crippen LogP contribution in [0, 0.1) is 5.92 Å². The summed E-state index contributed by atoms with van der Waals surface area (Å²) in [6.45, 7) is 0. The molecule has 2 heterocycles. The highest BCUT2D eigenvalue weighted by Gasteiger charge is 2.51. The Balaban J connectivity index is 1.98. The average Bonchev–Trinajstić information content (AvgIpc) is 2.54. The lowest BCUT2D eigenvalue weighted by Crippen LogP contribution is -2.34.